The van der Waals surface area contributed by atoms with Crippen LogP contribution < -0.4 is 5.32 Å². The molecule has 0 spiro atoms. The fourth-order valence-corrected chi connectivity index (χ4v) is 4.27. The second-order valence-corrected chi connectivity index (χ2v) is 7.86. The molecule has 5 nitrogen and oxygen atoms in total. The van der Waals surface area contributed by atoms with Gasteiger partial charge in [-0.25, -0.2) is 0 Å². The van der Waals surface area contributed by atoms with E-state index < -0.39 is 0 Å². The first kappa shape index (κ1) is 18.0. The lowest BCUT2D eigenvalue weighted by atomic mass is 9.74. The minimum absolute atomic E-state index is 0.00811. The van der Waals surface area contributed by atoms with Crippen LogP contribution >= 0.6 is 11.6 Å². The molecule has 140 valence electrons. The van der Waals surface area contributed by atoms with Crippen molar-refractivity contribution in [3.63, 3.8) is 0 Å². The minimum Gasteiger partial charge on any atom is -0.326 e. The van der Waals surface area contributed by atoms with Crippen molar-refractivity contribution in [1.82, 2.24) is 15.2 Å². The number of carbonyl (C=O) groups is 1. The van der Waals surface area contributed by atoms with Crippen LogP contribution in [0, 0.1) is 11.8 Å². The molecule has 3 aromatic rings. The molecule has 0 radical (unpaired) electrons. The number of benzene rings is 1. The zero-order chi connectivity index (χ0) is 18.8. The number of nitrogens with one attached hydrogen (secondary N) is 2. The Hall–Kier alpha value is -2.40. The monoisotopic (exact) mass is 382 g/mol. The molecule has 0 unspecified atom stereocenters. The maximum absolute atomic E-state index is 12.6. The summed E-state index contributed by atoms with van der Waals surface area (Å²) in [6, 6.07) is 9.35. The van der Waals surface area contributed by atoms with E-state index in [4.69, 9.17) is 11.6 Å². The largest absolute Gasteiger partial charge is 0.326 e. The summed E-state index contributed by atoms with van der Waals surface area (Å²) in [6.07, 6.45) is 7.91. The highest BCUT2D eigenvalue weighted by Gasteiger charge is 2.30. The van der Waals surface area contributed by atoms with Gasteiger partial charge in [0.1, 0.15) is 5.52 Å². The first-order chi connectivity index (χ1) is 13.1. The number of carbonyl (C=O) groups excluding carboxylic acids is 1. The van der Waals surface area contributed by atoms with Gasteiger partial charge in [0.25, 0.3) is 0 Å². The lowest BCUT2D eigenvalue weighted by Gasteiger charge is -2.32. The Labute approximate surface area is 163 Å². The Morgan fingerprint density at radius 3 is 2.67 bits per heavy atom. The predicted octanol–water partition coefficient (Wildman–Crippen LogP) is 5.16. The Balaban J connectivity index is 1.37. The number of rotatable bonds is 4. The first-order valence-electron chi connectivity index (χ1n) is 9.46. The summed E-state index contributed by atoms with van der Waals surface area (Å²) in [6.45, 7) is 2.04. The van der Waals surface area contributed by atoms with Crippen molar-refractivity contribution in [3.8, 4) is 0 Å². The molecule has 0 aliphatic heterocycles. The van der Waals surface area contributed by atoms with Crippen molar-refractivity contribution in [3.05, 3.63) is 53.3 Å². The van der Waals surface area contributed by atoms with Crippen molar-refractivity contribution in [1.29, 1.82) is 0 Å². The lowest BCUT2D eigenvalue weighted by Crippen LogP contribution is -2.29. The molecule has 4 rings (SSSR count). The molecule has 2 heterocycles. The second-order valence-electron chi connectivity index (χ2n) is 7.43. The number of aromatic nitrogens is 3. The molecule has 2 N–H and O–H groups in total. The van der Waals surface area contributed by atoms with Crippen molar-refractivity contribution in [2.24, 2.45) is 11.8 Å². The van der Waals surface area contributed by atoms with Gasteiger partial charge in [-0.15, -0.1) is 0 Å². The average Bonchev–Trinajstić information content (AvgIpc) is 3.18. The number of H-pyrrole nitrogens is 1. The number of halogens is 1. The summed E-state index contributed by atoms with van der Waals surface area (Å²) in [5.41, 5.74) is 4.07. The van der Waals surface area contributed by atoms with E-state index in [1.807, 2.05) is 25.3 Å². The van der Waals surface area contributed by atoms with E-state index in [9.17, 15) is 4.79 Å². The van der Waals surface area contributed by atoms with Crippen LogP contribution in [-0.2, 0) is 4.79 Å². The molecule has 0 bridgehead atoms. The van der Waals surface area contributed by atoms with Crippen LogP contribution in [0.4, 0.5) is 5.69 Å². The smallest absolute Gasteiger partial charge is 0.227 e. The molecule has 2 aromatic heterocycles. The molecule has 1 atom stereocenters. The van der Waals surface area contributed by atoms with Gasteiger partial charge >= 0.3 is 0 Å². The third-order valence-electron chi connectivity index (χ3n) is 5.82. The second kappa shape index (κ2) is 7.69. The number of fused-ring (bicyclic) bond motifs is 1. The summed E-state index contributed by atoms with van der Waals surface area (Å²) >= 11 is 5.90. The Morgan fingerprint density at radius 1 is 1.19 bits per heavy atom. The van der Waals surface area contributed by atoms with Crippen LogP contribution in [0.1, 0.15) is 44.1 Å². The van der Waals surface area contributed by atoms with Gasteiger partial charge in [0.2, 0.25) is 5.91 Å². The standard InChI is InChI=1S/C21H23ClN4O/c1-13(21(27)25-17-8-6-16(22)7-9-17)14-2-4-15(5-3-14)18-10-11-23-19-12-24-26-20(18)19/h6-15H,2-5H2,1H3,(H,24,26)(H,25,27)/t13-,14?,15?/m0/s1. The maximum Gasteiger partial charge on any atom is 0.227 e. The first-order valence-corrected chi connectivity index (χ1v) is 9.84. The molecular formula is C21H23ClN4O. The number of hydrogen-bond donors (Lipinski definition) is 2. The van der Waals surface area contributed by atoms with E-state index in [1.54, 1.807) is 18.3 Å². The number of anilines is 1. The fraction of sp³-hybridized carbons (Fsp3) is 0.381. The van der Waals surface area contributed by atoms with Crippen molar-refractivity contribution < 1.29 is 4.79 Å². The average molecular weight is 383 g/mol. The van der Waals surface area contributed by atoms with Gasteiger partial charge in [0.05, 0.1) is 11.7 Å². The van der Waals surface area contributed by atoms with Gasteiger partial charge in [-0.3, -0.25) is 14.9 Å². The summed E-state index contributed by atoms with van der Waals surface area (Å²) in [5, 5.41) is 10.9. The van der Waals surface area contributed by atoms with Gasteiger partial charge in [0.15, 0.2) is 0 Å². The van der Waals surface area contributed by atoms with Gasteiger partial charge in [0, 0.05) is 22.8 Å². The molecule has 1 amide bonds. The van der Waals surface area contributed by atoms with Crippen LogP contribution in [0.15, 0.2) is 42.7 Å². The number of pyridine rings is 1. The van der Waals surface area contributed by atoms with Gasteiger partial charge < -0.3 is 5.32 Å². The highest BCUT2D eigenvalue weighted by Crippen LogP contribution is 2.40. The molecule has 1 aliphatic carbocycles. The van der Waals surface area contributed by atoms with Crippen molar-refractivity contribution in [2.75, 3.05) is 5.32 Å². The van der Waals surface area contributed by atoms with E-state index in [-0.39, 0.29) is 11.8 Å². The quantitative estimate of drug-likeness (QED) is 0.654. The molecular weight excluding hydrogens is 360 g/mol. The predicted molar refractivity (Wildman–Crippen MR) is 108 cm³/mol. The van der Waals surface area contributed by atoms with Gasteiger partial charge in [-0.2, -0.15) is 5.10 Å². The van der Waals surface area contributed by atoms with Gasteiger partial charge in [-0.05, 0) is 73.4 Å². The molecule has 1 aliphatic rings. The molecule has 1 saturated carbocycles. The van der Waals surface area contributed by atoms with E-state index in [1.165, 1.54) is 5.56 Å². The summed E-state index contributed by atoms with van der Waals surface area (Å²) in [7, 11) is 0. The topological polar surface area (TPSA) is 70.7 Å². The number of hydrogen-bond acceptors (Lipinski definition) is 3. The van der Waals surface area contributed by atoms with Crippen LogP contribution in [0.5, 0.6) is 0 Å². The summed E-state index contributed by atoms with van der Waals surface area (Å²) in [5.74, 6) is 0.984. The fourth-order valence-electron chi connectivity index (χ4n) is 4.15. The van der Waals surface area contributed by atoms with Crippen molar-refractivity contribution >= 4 is 34.2 Å². The molecule has 1 aromatic carbocycles. The van der Waals surface area contributed by atoms with E-state index in [0.717, 1.165) is 42.4 Å². The molecule has 1 fully saturated rings. The summed E-state index contributed by atoms with van der Waals surface area (Å²) < 4.78 is 0. The van der Waals surface area contributed by atoms with Crippen LogP contribution in [0.3, 0.4) is 0 Å². The summed E-state index contributed by atoms with van der Waals surface area (Å²) in [4.78, 5) is 17.0. The number of amides is 1. The third-order valence-corrected chi connectivity index (χ3v) is 6.07. The SMILES string of the molecule is C[C@H](C(=O)Nc1ccc(Cl)cc1)C1CCC(c2ccnc3cn[nH]c23)CC1. The third kappa shape index (κ3) is 3.83. The van der Waals surface area contributed by atoms with Crippen LogP contribution in [0.25, 0.3) is 11.0 Å². The maximum atomic E-state index is 12.6. The van der Waals surface area contributed by atoms with E-state index in [2.05, 4.69) is 26.6 Å². The molecule has 0 saturated heterocycles. The Morgan fingerprint density at radius 2 is 1.93 bits per heavy atom. The zero-order valence-electron chi connectivity index (χ0n) is 15.3. The Bertz CT molecular complexity index is 929. The number of aromatic amines is 1. The van der Waals surface area contributed by atoms with Crippen molar-refractivity contribution in [2.45, 2.75) is 38.5 Å². The number of nitrogens with zero attached hydrogens (tertiary/aromatic N) is 2. The van der Waals surface area contributed by atoms with E-state index in [0.29, 0.717) is 16.9 Å². The molecule has 27 heavy (non-hydrogen) atoms. The highest BCUT2D eigenvalue weighted by atomic mass is 35.5. The highest BCUT2D eigenvalue weighted by molar-refractivity contribution is 6.30. The molecule has 6 heteroatoms. The normalized spacial score (nSPS) is 21.1. The zero-order valence-corrected chi connectivity index (χ0v) is 16.0. The van der Waals surface area contributed by atoms with Crippen LogP contribution in [-0.4, -0.2) is 21.1 Å². The Kier molecular flexibility index (Phi) is 5.12. The van der Waals surface area contributed by atoms with E-state index >= 15 is 0 Å². The van der Waals surface area contributed by atoms with Crippen LogP contribution in [0.2, 0.25) is 5.02 Å². The lowest BCUT2D eigenvalue weighted by molar-refractivity contribution is -0.121. The van der Waals surface area contributed by atoms with Gasteiger partial charge in [-0.1, -0.05) is 18.5 Å². The minimum atomic E-state index is -0.00811.